The molecule has 1 saturated heterocycles. The van der Waals surface area contributed by atoms with Crippen molar-refractivity contribution in [2.45, 2.75) is 6.54 Å². The lowest BCUT2D eigenvalue weighted by atomic mass is 10.3. The molecule has 1 N–H and O–H groups in total. The first-order valence-corrected chi connectivity index (χ1v) is 8.09. The number of nitrogens with zero attached hydrogens (tertiary/aromatic N) is 2. The zero-order valence-corrected chi connectivity index (χ0v) is 13.6. The normalized spacial score (nSPS) is 16.4. The van der Waals surface area contributed by atoms with Crippen LogP contribution in [0, 0.1) is 0 Å². The molecule has 0 radical (unpaired) electrons. The van der Waals surface area contributed by atoms with E-state index in [1.54, 1.807) is 18.4 Å². The van der Waals surface area contributed by atoms with Gasteiger partial charge in [-0.3, -0.25) is 14.6 Å². The molecule has 1 aromatic heterocycles. The van der Waals surface area contributed by atoms with Crippen LogP contribution in [0.2, 0.25) is 5.02 Å². The molecule has 2 aromatic rings. The molecule has 0 aliphatic carbocycles. The van der Waals surface area contributed by atoms with E-state index in [0.29, 0.717) is 11.6 Å². The van der Waals surface area contributed by atoms with Gasteiger partial charge in [0.15, 0.2) is 0 Å². The number of carbonyl (C=O) groups excluding carboxylic acids is 1. The Morgan fingerprint density at radius 3 is 2.43 bits per heavy atom. The lowest BCUT2D eigenvalue weighted by Crippen LogP contribution is -2.48. The molecule has 2 heterocycles. The lowest BCUT2D eigenvalue weighted by molar-refractivity contribution is -0.117. The van der Waals surface area contributed by atoms with E-state index < -0.39 is 0 Å². The zero-order chi connectivity index (χ0) is 16.1. The molecular weight excluding hydrogens is 314 g/mol. The standard InChI is InChI=1S/C17H20ClN3O2/c18-14-3-5-15(6-4-14)19-17(22)13-21-9-7-20(8-10-21)12-16-2-1-11-23-16/h1-6,11H,7-10,12-13H2,(H,19,22). The van der Waals surface area contributed by atoms with Crippen molar-refractivity contribution >= 4 is 23.2 Å². The van der Waals surface area contributed by atoms with E-state index >= 15 is 0 Å². The quantitative estimate of drug-likeness (QED) is 0.914. The monoisotopic (exact) mass is 333 g/mol. The van der Waals surface area contributed by atoms with Crippen molar-refractivity contribution in [3.05, 3.63) is 53.4 Å². The third kappa shape index (κ3) is 4.82. The second kappa shape index (κ2) is 7.64. The minimum atomic E-state index is 0.00630. The Morgan fingerprint density at radius 2 is 1.78 bits per heavy atom. The minimum Gasteiger partial charge on any atom is -0.468 e. The van der Waals surface area contributed by atoms with Gasteiger partial charge in [-0.05, 0) is 36.4 Å². The number of halogens is 1. The Kier molecular flexibility index (Phi) is 5.33. The molecule has 0 saturated carbocycles. The van der Waals surface area contributed by atoms with Crippen molar-refractivity contribution < 1.29 is 9.21 Å². The number of furan rings is 1. The summed E-state index contributed by atoms with van der Waals surface area (Å²) >= 11 is 5.84. The highest BCUT2D eigenvalue weighted by Gasteiger charge is 2.19. The van der Waals surface area contributed by atoms with Crippen molar-refractivity contribution in [2.24, 2.45) is 0 Å². The van der Waals surface area contributed by atoms with Gasteiger partial charge in [0.25, 0.3) is 0 Å². The average Bonchev–Trinajstić information content (AvgIpc) is 3.04. The molecule has 0 bridgehead atoms. The largest absolute Gasteiger partial charge is 0.468 e. The predicted molar refractivity (Wildman–Crippen MR) is 90.5 cm³/mol. The number of nitrogens with one attached hydrogen (secondary N) is 1. The van der Waals surface area contributed by atoms with E-state index in [2.05, 4.69) is 15.1 Å². The fourth-order valence-corrected chi connectivity index (χ4v) is 2.79. The van der Waals surface area contributed by atoms with E-state index in [-0.39, 0.29) is 5.91 Å². The summed E-state index contributed by atoms with van der Waals surface area (Å²) in [5.41, 5.74) is 0.774. The highest BCUT2D eigenvalue weighted by atomic mass is 35.5. The summed E-state index contributed by atoms with van der Waals surface area (Å²) in [6.45, 7) is 4.89. The molecule has 0 spiro atoms. The van der Waals surface area contributed by atoms with Gasteiger partial charge in [-0.1, -0.05) is 11.6 Å². The number of benzene rings is 1. The van der Waals surface area contributed by atoms with Crippen LogP contribution in [-0.2, 0) is 11.3 Å². The van der Waals surface area contributed by atoms with Crippen LogP contribution in [0.1, 0.15) is 5.76 Å². The second-order valence-corrected chi connectivity index (χ2v) is 6.12. The van der Waals surface area contributed by atoms with Crippen molar-refractivity contribution in [1.82, 2.24) is 9.80 Å². The van der Waals surface area contributed by atoms with Crippen molar-refractivity contribution in [3.8, 4) is 0 Å². The molecule has 3 rings (SSSR count). The molecular formula is C17H20ClN3O2. The van der Waals surface area contributed by atoms with E-state index in [1.807, 2.05) is 24.3 Å². The first-order chi connectivity index (χ1) is 11.2. The minimum absolute atomic E-state index is 0.00630. The summed E-state index contributed by atoms with van der Waals surface area (Å²) in [6.07, 6.45) is 1.70. The molecule has 5 nitrogen and oxygen atoms in total. The number of hydrogen-bond donors (Lipinski definition) is 1. The Balaban J connectivity index is 1.41. The van der Waals surface area contributed by atoms with Gasteiger partial charge in [0.1, 0.15) is 5.76 Å². The average molecular weight is 334 g/mol. The van der Waals surface area contributed by atoms with Crippen LogP contribution in [0.25, 0.3) is 0 Å². The van der Waals surface area contributed by atoms with Crippen LogP contribution in [-0.4, -0.2) is 48.4 Å². The summed E-state index contributed by atoms with van der Waals surface area (Å²) < 4.78 is 5.37. The topological polar surface area (TPSA) is 48.7 Å². The van der Waals surface area contributed by atoms with Gasteiger partial charge < -0.3 is 9.73 Å². The number of anilines is 1. The smallest absolute Gasteiger partial charge is 0.238 e. The third-order valence-electron chi connectivity index (χ3n) is 3.92. The van der Waals surface area contributed by atoms with Gasteiger partial charge in [-0.25, -0.2) is 0 Å². The van der Waals surface area contributed by atoms with Gasteiger partial charge in [0.05, 0.1) is 19.4 Å². The number of piperazine rings is 1. The van der Waals surface area contributed by atoms with Crippen molar-refractivity contribution in [3.63, 3.8) is 0 Å². The summed E-state index contributed by atoms with van der Waals surface area (Å²) in [4.78, 5) is 16.6. The van der Waals surface area contributed by atoms with Crippen LogP contribution >= 0.6 is 11.6 Å². The molecule has 23 heavy (non-hydrogen) atoms. The maximum absolute atomic E-state index is 12.1. The molecule has 1 aliphatic rings. The summed E-state index contributed by atoms with van der Waals surface area (Å²) in [5, 5.41) is 3.56. The molecule has 1 aromatic carbocycles. The van der Waals surface area contributed by atoms with Gasteiger partial charge in [-0.2, -0.15) is 0 Å². The Bertz CT molecular complexity index is 620. The second-order valence-electron chi connectivity index (χ2n) is 5.69. The van der Waals surface area contributed by atoms with Crippen LogP contribution in [0.3, 0.4) is 0 Å². The summed E-state index contributed by atoms with van der Waals surface area (Å²) in [7, 11) is 0. The van der Waals surface area contributed by atoms with Gasteiger partial charge in [0.2, 0.25) is 5.91 Å². The summed E-state index contributed by atoms with van der Waals surface area (Å²) in [6, 6.07) is 11.1. The molecule has 0 atom stereocenters. The number of carbonyl (C=O) groups is 1. The molecule has 1 fully saturated rings. The van der Waals surface area contributed by atoms with Crippen molar-refractivity contribution in [1.29, 1.82) is 0 Å². The summed E-state index contributed by atoms with van der Waals surface area (Å²) in [5.74, 6) is 0.991. The highest BCUT2D eigenvalue weighted by Crippen LogP contribution is 2.13. The van der Waals surface area contributed by atoms with Crippen LogP contribution in [0.15, 0.2) is 47.1 Å². The highest BCUT2D eigenvalue weighted by molar-refractivity contribution is 6.30. The molecule has 0 unspecified atom stereocenters. The zero-order valence-electron chi connectivity index (χ0n) is 12.9. The Labute approximate surface area is 140 Å². The van der Waals surface area contributed by atoms with Gasteiger partial charge in [0, 0.05) is 36.9 Å². The molecule has 1 amide bonds. The number of hydrogen-bond acceptors (Lipinski definition) is 4. The van der Waals surface area contributed by atoms with Crippen LogP contribution in [0.5, 0.6) is 0 Å². The maximum atomic E-state index is 12.1. The third-order valence-corrected chi connectivity index (χ3v) is 4.17. The Morgan fingerprint density at radius 1 is 1.09 bits per heavy atom. The molecule has 1 aliphatic heterocycles. The van der Waals surface area contributed by atoms with E-state index in [1.165, 1.54) is 0 Å². The van der Waals surface area contributed by atoms with Crippen LogP contribution in [0.4, 0.5) is 5.69 Å². The first-order valence-electron chi connectivity index (χ1n) is 7.71. The molecule has 122 valence electrons. The van der Waals surface area contributed by atoms with E-state index in [4.69, 9.17) is 16.0 Å². The molecule has 6 heteroatoms. The van der Waals surface area contributed by atoms with E-state index in [0.717, 1.165) is 44.2 Å². The number of rotatable bonds is 5. The first kappa shape index (κ1) is 16.1. The van der Waals surface area contributed by atoms with Gasteiger partial charge in [-0.15, -0.1) is 0 Å². The SMILES string of the molecule is O=C(CN1CCN(Cc2ccco2)CC1)Nc1ccc(Cl)cc1. The van der Waals surface area contributed by atoms with Crippen molar-refractivity contribution in [2.75, 3.05) is 38.0 Å². The number of amides is 1. The fraction of sp³-hybridized carbons (Fsp3) is 0.353. The fourth-order valence-electron chi connectivity index (χ4n) is 2.67. The van der Waals surface area contributed by atoms with E-state index in [9.17, 15) is 4.79 Å². The lowest BCUT2D eigenvalue weighted by Gasteiger charge is -2.33. The predicted octanol–water partition coefficient (Wildman–Crippen LogP) is 2.69. The maximum Gasteiger partial charge on any atom is 0.238 e. The Hall–Kier alpha value is -1.82. The van der Waals surface area contributed by atoms with Gasteiger partial charge >= 0.3 is 0 Å². The van der Waals surface area contributed by atoms with Crippen LogP contribution < -0.4 is 5.32 Å².